The van der Waals surface area contributed by atoms with E-state index in [1.54, 1.807) is 0 Å². The molecule has 2 heterocycles. The van der Waals surface area contributed by atoms with Gasteiger partial charge in [0.1, 0.15) is 0 Å². The van der Waals surface area contributed by atoms with Gasteiger partial charge in [-0.1, -0.05) is 141 Å². The van der Waals surface area contributed by atoms with Gasteiger partial charge >= 0.3 is 0 Å². The van der Waals surface area contributed by atoms with E-state index in [2.05, 4.69) is 182 Å². The summed E-state index contributed by atoms with van der Waals surface area (Å²) in [4.78, 5) is 10.3. The molecule has 0 atom stereocenters. The van der Waals surface area contributed by atoms with Crippen LogP contribution >= 0.6 is 0 Å². The van der Waals surface area contributed by atoms with Crippen LogP contribution in [0.4, 0.5) is 0 Å². The second-order valence-electron chi connectivity index (χ2n) is 14.2. The number of para-hydroxylation sites is 1. The summed E-state index contributed by atoms with van der Waals surface area (Å²) in [5, 5.41) is 2.59. The van der Waals surface area contributed by atoms with Gasteiger partial charge in [-0.25, -0.2) is 9.97 Å². The molecule has 7 aromatic carbocycles. The summed E-state index contributed by atoms with van der Waals surface area (Å²) in [6, 6.07) is 62.7. The number of hydrogen-bond acceptors (Lipinski definition) is 2. The Balaban J connectivity index is 1.11. The molecule has 0 bridgehead atoms. The number of nitrogens with zero attached hydrogens (tertiary/aromatic N) is 3. The fraction of sp³-hybridized carbons (Fsp3) is 0.0612. The first-order valence-electron chi connectivity index (χ1n) is 17.9. The SMILES string of the molecule is CC1(C)c2ccccc2-c2c1ccc1c2c2ccccc2n1-c1ccc(-c2nc(-c3ccccc3)cc(-c3cccc(-c4ccccc4)c3)n2)cc1. The molecule has 52 heavy (non-hydrogen) atoms. The molecule has 0 fully saturated rings. The first-order chi connectivity index (χ1) is 25.5. The normalized spacial score (nSPS) is 13.0. The number of benzene rings is 7. The summed E-state index contributed by atoms with van der Waals surface area (Å²) in [5.41, 5.74) is 16.2. The summed E-state index contributed by atoms with van der Waals surface area (Å²) in [6.45, 7) is 4.70. The predicted octanol–water partition coefficient (Wildman–Crippen LogP) is 12.5. The Kier molecular flexibility index (Phi) is 6.84. The van der Waals surface area contributed by atoms with Crippen molar-refractivity contribution in [3.8, 4) is 61.8 Å². The van der Waals surface area contributed by atoms with Crippen LogP contribution in [0.2, 0.25) is 0 Å². The minimum atomic E-state index is -0.0546. The van der Waals surface area contributed by atoms with Gasteiger partial charge in [-0.05, 0) is 81.9 Å². The van der Waals surface area contributed by atoms with Crippen LogP contribution in [0, 0.1) is 0 Å². The molecular formula is C49H35N3. The number of fused-ring (bicyclic) bond motifs is 7. The highest BCUT2D eigenvalue weighted by atomic mass is 15.0. The van der Waals surface area contributed by atoms with E-state index in [0.29, 0.717) is 5.82 Å². The van der Waals surface area contributed by atoms with E-state index in [1.807, 2.05) is 12.1 Å². The van der Waals surface area contributed by atoms with Crippen LogP contribution in [0.25, 0.3) is 83.6 Å². The summed E-state index contributed by atoms with van der Waals surface area (Å²) in [7, 11) is 0. The number of hydrogen-bond donors (Lipinski definition) is 0. The lowest BCUT2D eigenvalue weighted by Crippen LogP contribution is -2.14. The quantitative estimate of drug-likeness (QED) is 0.183. The minimum absolute atomic E-state index is 0.0546. The van der Waals surface area contributed by atoms with Crippen molar-refractivity contribution in [1.82, 2.24) is 14.5 Å². The standard InChI is InChI=1S/C49H35N3/c1-49(2)40-22-11-9-20-38(40)46-41(49)28-29-45-47(46)39-21-10-12-23-44(39)52(45)37-26-24-34(25-27-37)48-50-42(33-16-7-4-8-17-33)31-43(51-48)36-19-13-18-35(30-36)32-14-5-3-6-15-32/h3-31H,1-2H3. The summed E-state index contributed by atoms with van der Waals surface area (Å²) in [6.07, 6.45) is 0. The summed E-state index contributed by atoms with van der Waals surface area (Å²) in [5.74, 6) is 0.701. The van der Waals surface area contributed by atoms with E-state index in [9.17, 15) is 0 Å². The molecule has 1 aliphatic rings. The zero-order valence-corrected chi connectivity index (χ0v) is 29.1. The van der Waals surface area contributed by atoms with E-state index in [1.165, 1.54) is 49.6 Å². The highest BCUT2D eigenvalue weighted by molar-refractivity contribution is 6.17. The molecule has 3 nitrogen and oxygen atoms in total. The van der Waals surface area contributed by atoms with Gasteiger partial charge in [0, 0.05) is 38.6 Å². The van der Waals surface area contributed by atoms with Crippen molar-refractivity contribution in [2.75, 3.05) is 0 Å². The molecule has 0 saturated heterocycles. The third-order valence-electron chi connectivity index (χ3n) is 10.8. The van der Waals surface area contributed by atoms with Crippen LogP contribution in [0.5, 0.6) is 0 Å². The fourth-order valence-corrected chi connectivity index (χ4v) is 8.26. The Morgan fingerprint density at radius 1 is 0.442 bits per heavy atom. The van der Waals surface area contributed by atoms with E-state index in [-0.39, 0.29) is 5.41 Å². The Labute approximate surface area is 303 Å². The maximum atomic E-state index is 5.18. The van der Waals surface area contributed by atoms with E-state index in [0.717, 1.165) is 39.3 Å². The molecule has 0 saturated carbocycles. The van der Waals surface area contributed by atoms with Crippen molar-refractivity contribution in [3.63, 3.8) is 0 Å². The molecule has 3 heteroatoms. The van der Waals surface area contributed by atoms with Crippen molar-refractivity contribution in [2.24, 2.45) is 0 Å². The van der Waals surface area contributed by atoms with E-state index in [4.69, 9.17) is 9.97 Å². The lowest BCUT2D eigenvalue weighted by Gasteiger charge is -2.21. The number of aromatic nitrogens is 3. The summed E-state index contributed by atoms with van der Waals surface area (Å²) < 4.78 is 2.41. The monoisotopic (exact) mass is 665 g/mol. The van der Waals surface area contributed by atoms with Crippen molar-refractivity contribution < 1.29 is 0 Å². The third-order valence-corrected chi connectivity index (χ3v) is 10.8. The zero-order chi connectivity index (χ0) is 34.8. The predicted molar refractivity (Wildman–Crippen MR) is 216 cm³/mol. The van der Waals surface area contributed by atoms with Gasteiger partial charge < -0.3 is 4.57 Å². The Morgan fingerprint density at radius 2 is 1.08 bits per heavy atom. The Morgan fingerprint density at radius 3 is 1.87 bits per heavy atom. The van der Waals surface area contributed by atoms with Gasteiger partial charge in [0.05, 0.1) is 22.4 Å². The van der Waals surface area contributed by atoms with Crippen LogP contribution < -0.4 is 0 Å². The van der Waals surface area contributed by atoms with Gasteiger partial charge in [0.2, 0.25) is 0 Å². The van der Waals surface area contributed by atoms with Gasteiger partial charge in [-0.3, -0.25) is 0 Å². The van der Waals surface area contributed by atoms with Gasteiger partial charge in [-0.2, -0.15) is 0 Å². The first-order valence-corrected chi connectivity index (χ1v) is 17.9. The van der Waals surface area contributed by atoms with Gasteiger partial charge in [0.15, 0.2) is 5.82 Å². The summed E-state index contributed by atoms with van der Waals surface area (Å²) >= 11 is 0. The van der Waals surface area contributed by atoms with E-state index < -0.39 is 0 Å². The minimum Gasteiger partial charge on any atom is -0.309 e. The lowest BCUT2D eigenvalue weighted by atomic mass is 9.82. The van der Waals surface area contributed by atoms with Crippen LogP contribution in [0.3, 0.4) is 0 Å². The second kappa shape index (κ2) is 11.8. The molecule has 0 unspecified atom stereocenters. The van der Waals surface area contributed by atoms with Crippen LogP contribution in [-0.2, 0) is 5.41 Å². The smallest absolute Gasteiger partial charge is 0.160 e. The average Bonchev–Trinajstić information content (AvgIpc) is 3.67. The molecular weight excluding hydrogens is 631 g/mol. The molecule has 246 valence electrons. The largest absolute Gasteiger partial charge is 0.309 e. The first kappa shape index (κ1) is 30.3. The molecule has 0 amide bonds. The average molecular weight is 666 g/mol. The van der Waals surface area contributed by atoms with Gasteiger partial charge in [-0.15, -0.1) is 0 Å². The molecule has 1 aliphatic carbocycles. The van der Waals surface area contributed by atoms with Crippen molar-refractivity contribution >= 4 is 21.8 Å². The number of rotatable bonds is 5. The van der Waals surface area contributed by atoms with Crippen LogP contribution in [0.15, 0.2) is 176 Å². The molecule has 0 radical (unpaired) electrons. The fourth-order valence-electron chi connectivity index (χ4n) is 8.26. The van der Waals surface area contributed by atoms with Gasteiger partial charge in [0.25, 0.3) is 0 Å². The molecule has 10 rings (SSSR count). The zero-order valence-electron chi connectivity index (χ0n) is 29.1. The Bertz CT molecular complexity index is 2790. The van der Waals surface area contributed by atoms with E-state index >= 15 is 0 Å². The second-order valence-corrected chi connectivity index (χ2v) is 14.2. The van der Waals surface area contributed by atoms with Crippen molar-refractivity contribution in [2.45, 2.75) is 19.3 Å². The topological polar surface area (TPSA) is 30.7 Å². The third kappa shape index (κ3) is 4.74. The Hall–Kier alpha value is -6.58. The molecule has 2 aromatic heterocycles. The van der Waals surface area contributed by atoms with Crippen LogP contribution in [0.1, 0.15) is 25.0 Å². The highest BCUT2D eigenvalue weighted by Crippen LogP contribution is 2.53. The molecule has 0 N–H and O–H groups in total. The molecule has 0 spiro atoms. The maximum Gasteiger partial charge on any atom is 0.160 e. The lowest BCUT2D eigenvalue weighted by molar-refractivity contribution is 0.661. The maximum absolute atomic E-state index is 5.18. The highest BCUT2D eigenvalue weighted by Gasteiger charge is 2.37. The van der Waals surface area contributed by atoms with Crippen molar-refractivity contribution in [1.29, 1.82) is 0 Å². The molecule has 9 aromatic rings. The van der Waals surface area contributed by atoms with Crippen molar-refractivity contribution in [3.05, 3.63) is 187 Å². The molecule has 0 aliphatic heterocycles. The van der Waals surface area contributed by atoms with Crippen LogP contribution in [-0.4, -0.2) is 14.5 Å².